The second-order valence-electron chi connectivity index (χ2n) is 8.13. The fourth-order valence-electron chi connectivity index (χ4n) is 3.73. The highest BCUT2D eigenvalue weighted by Gasteiger charge is 2.25. The Morgan fingerprint density at radius 2 is 1.70 bits per heavy atom. The van der Waals surface area contributed by atoms with E-state index >= 15 is 0 Å². The molecule has 0 aliphatic carbocycles. The van der Waals surface area contributed by atoms with Gasteiger partial charge in [-0.2, -0.15) is 0 Å². The Morgan fingerprint density at radius 3 is 2.45 bits per heavy atom. The number of aryl methyl sites for hydroxylation is 2. The van der Waals surface area contributed by atoms with Gasteiger partial charge in [0.1, 0.15) is 0 Å². The van der Waals surface area contributed by atoms with Crippen LogP contribution in [-0.4, -0.2) is 51.3 Å². The average molecular weight is 463 g/mol. The maximum atomic E-state index is 6.02. The molecule has 2 aromatic carbocycles. The summed E-state index contributed by atoms with van der Waals surface area (Å²) in [6.07, 6.45) is 0. The van der Waals surface area contributed by atoms with Crippen molar-refractivity contribution in [3.8, 4) is 17.1 Å². The third-order valence-electron chi connectivity index (χ3n) is 5.54. The molecule has 3 heterocycles. The quantitative estimate of drug-likeness (QED) is 0.384. The van der Waals surface area contributed by atoms with Crippen LogP contribution in [0, 0.1) is 13.8 Å². The zero-order chi connectivity index (χ0) is 22.8. The van der Waals surface area contributed by atoms with Gasteiger partial charge in [0, 0.05) is 18.7 Å². The van der Waals surface area contributed by atoms with Gasteiger partial charge in [-0.1, -0.05) is 47.2 Å². The van der Waals surface area contributed by atoms with Crippen LogP contribution in [0.25, 0.3) is 17.1 Å². The molecule has 0 spiro atoms. The number of nitrogens with zero attached hydrogens (tertiary/aromatic N) is 6. The van der Waals surface area contributed by atoms with E-state index in [-0.39, 0.29) is 5.25 Å². The van der Waals surface area contributed by atoms with Gasteiger partial charge in [-0.05, 0) is 45.0 Å². The van der Waals surface area contributed by atoms with Gasteiger partial charge in [-0.25, -0.2) is 0 Å². The Balaban J connectivity index is 1.44. The molecule has 0 radical (unpaired) electrons. The van der Waals surface area contributed by atoms with Crippen LogP contribution in [-0.2, 0) is 4.74 Å². The van der Waals surface area contributed by atoms with Crippen LogP contribution in [0.1, 0.15) is 29.2 Å². The lowest BCUT2D eigenvalue weighted by molar-refractivity contribution is 0.122. The second-order valence-corrected chi connectivity index (χ2v) is 9.44. The topological polar surface area (TPSA) is 82.1 Å². The minimum atomic E-state index is -0.0954. The lowest BCUT2D eigenvalue weighted by Crippen LogP contribution is -2.37. The van der Waals surface area contributed by atoms with E-state index in [1.807, 2.05) is 38.1 Å². The number of rotatable bonds is 6. The number of morpholine rings is 1. The highest BCUT2D eigenvalue weighted by Crippen LogP contribution is 2.37. The van der Waals surface area contributed by atoms with Gasteiger partial charge in [-0.15, -0.1) is 20.4 Å². The number of ether oxygens (including phenoxy) is 1. The molecule has 1 aliphatic rings. The van der Waals surface area contributed by atoms with Crippen molar-refractivity contribution in [2.75, 3.05) is 31.2 Å². The van der Waals surface area contributed by atoms with E-state index in [9.17, 15) is 0 Å². The largest absolute Gasteiger partial charge is 0.419 e. The lowest BCUT2D eigenvalue weighted by atomic mass is 10.1. The highest BCUT2D eigenvalue weighted by molar-refractivity contribution is 7.99. The number of anilines is 1. The number of aromatic nitrogens is 5. The molecule has 0 bridgehead atoms. The SMILES string of the molecule is Cc1ccc(-n2c(S[C@@H](C)c3nnc(-c4cccc(C)c4)o3)nnc2N2CCOCC2)cc1. The van der Waals surface area contributed by atoms with Crippen molar-refractivity contribution in [1.82, 2.24) is 25.0 Å². The molecule has 170 valence electrons. The Morgan fingerprint density at radius 1 is 0.909 bits per heavy atom. The molecule has 0 amide bonds. The van der Waals surface area contributed by atoms with Crippen molar-refractivity contribution in [3.63, 3.8) is 0 Å². The van der Waals surface area contributed by atoms with Gasteiger partial charge in [0.25, 0.3) is 0 Å². The third kappa shape index (κ3) is 4.65. The second kappa shape index (κ2) is 9.36. The predicted octanol–water partition coefficient (Wildman–Crippen LogP) is 4.62. The van der Waals surface area contributed by atoms with Crippen LogP contribution in [0.15, 0.2) is 58.1 Å². The van der Waals surface area contributed by atoms with E-state index in [0.29, 0.717) is 25.0 Å². The molecule has 2 aromatic heterocycles. The zero-order valence-corrected chi connectivity index (χ0v) is 19.7. The minimum absolute atomic E-state index is 0.0954. The van der Waals surface area contributed by atoms with Crippen molar-refractivity contribution >= 4 is 17.7 Å². The van der Waals surface area contributed by atoms with Crippen LogP contribution >= 0.6 is 11.8 Å². The molecule has 33 heavy (non-hydrogen) atoms. The van der Waals surface area contributed by atoms with Gasteiger partial charge in [0.2, 0.25) is 17.7 Å². The van der Waals surface area contributed by atoms with Crippen LogP contribution < -0.4 is 4.90 Å². The van der Waals surface area contributed by atoms with E-state index in [0.717, 1.165) is 41.0 Å². The minimum Gasteiger partial charge on any atom is -0.419 e. The molecular weight excluding hydrogens is 436 g/mol. The summed E-state index contributed by atoms with van der Waals surface area (Å²) in [5, 5.41) is 18.3. The molecule has 1 atom stereocenters. The Bertz CT molecular complexity index is 1230. The average Bonchev–Trinajstić information content (AvgIpc) is 3.48. The fraction of sp³-hybridized carbons (Fsp3) is 0.333. The summed E-state index contributed by atoms with van der Waals surface area (Å²) >= 11 is 1.55. The standard InChI is InChI=1S/C24H26N6O2S/c1-16-7-9-20(10-8-16)30-23(29-11-13-31-14-12-29)27-28-24(30)33-18(3)21-25-26-22(32-21)19-6-4-5-17(2)15-19/h4-10,15,18H,11-14H2,1-3H3/t18-/m0/s1. The first-order chi connectivity index (χ1) is 16.1. The van der Waals surface area contributed by atoms with Crippen molar-refractivity contribution in [2.45, 2.75) is 31.2 Å². The van der Waals surface area contributed by atoms with Crippen molar-refractivity contribution in [3.05, 3.63) is 65.5 Å². The molecule has 0 unspecified atom stereocenters. The molecule has 5 rings (SSSR count). The summed E-state index contributed by atoms with van der Waals surface area (Å²) in [5.74, 6) is 1.90. The van der Waals surface area contributed by atoms with Crippen LogP contribution in [0.4, 0.5) is 5.95 Å². The van der Waals surface area contributed by atoms with E-state index < -0.39 is 0 Å². The monoisotopic (exact) mass is 462 g/mol. The van der Waals surface area contributed by atoms with E-state index in [1.165, 1.54) is 5.56 Å². The van der Waals surface area contributed by atoms with Gasteiger partial charge < -0.3 is 14.1 Å². The van der Waals surface area contributed by atoms with Gasteiger partial charge >= 0.3 is 0 Å². The van der Waals surface area contributed by atoms with E-state index in [1.54, 1.807) is 11.8 Å². The number of hydrogen-bond donors (Lipinski definition) is 0. The molecule has 1 aliphatic heterocycles. The van der Waals surface area contributed by atoms with Crippen LogP contribution in [0.5, 0.6) is 0 Å². The van der Waals surface area contributed by atoms with Gasteiger partial charge in [0.05, 0.1) is 24.2 Å². The van der Waals surface area contributed by atoms with Crippen molar-refractivity contribution in [1.29, 1.82) is 0 Å². The van der Waals surface area contributed by atoms with E-state index in [2.05, 4.69) is 61.1 Å². The molecule has 9 heteroatoms. The Hall–Kier alpha value is -3.17. The van der Waals surface area contributed by atoms with Crippen molar-refractivity contribution in [2.24, 2.45) is 0 Å². The first-order valence-electron chi connectivity index (χ1n) is 11.0. The molecule has 1 saturated heterocycles. The molecular formula is C24H26N6O2S. The maximum Gasteiger partial charge on any atom is 0.247 e. The number of thioether (sulfide) groups is 1. The van der Waals surface area contributed by atoms with Gasteiger partial charge in [-0.3, -0.25) is 4.57 Å². The maximum absolute atomic E-state index is 6.02. The fourth-order valence-corrected chi connectivity index (χ4v) is 4.62. The lowest BCUT2D eigenvalue weighted by Gasteiger charge is -2.28. The molecule has 1 fully saturated rings. The first kappa shape index (κ1) is 21.7. The summed E-state index contributed by atoms with van der Waals surface area (Å²) in [7, 11) is 0. The van der Waals surface area contributed by atoms with Crippen LogP contribution in [0.3, 0.4) is 0 Å². The number of benzene rings is 2. The summed E-state index contributed by atoms with van der Waals surface area (Å²) in [5.41, 5.74) is 4.30. The van der Waals surface area contributed by atoms with Crippen LogP contribution in [0.2, 0.25) is 0 Å². The van der Waals surface area contributed by atoms with Crippen molar-refractivity contribution < 1.29 is 9.15 Å². The molecule has 0 N–H and O–H groups in total. The molecule has 0 saturated carbocycles. The third-order valence-corrected chi connectivity index (χ3v) is 6.57. The van der Waals surface area contributed by atoms with Gasteiger partial charge in [0.15, 0.2) is 5.16 Å². The summed E-state index contributed by atoms with van der Waals surface area (Å²) in [6, 6.07) is 16.4. The molecule has 8 nitrogen and oxygen atoms in total. The zero-order valence-electron chi connectivity index (χ0n) is 18.9. The summed E-state index contributed by atoms with van der Waals surface area (Å²) in [4.78, 5) is 2.22. The molecule has 4 aromatic rings. The Labute approximate surface area is 197 Å². The smallest absolute Gasteiger partial charge is 0.247 e. The normalized spacial score (nSPS) is 15.1. The Kier molecular flexibility index (Phi) is 6.15. The van der Waals surface area contributed by atoms with E-state index in [4.69, 9.17) is 9.15 Å². The predicted molar refractivity (Wildman–Crippen MR) is 128 cm³/mol. The highest BCUT2D eigenvalue weighted by atomic mass is 32.2. The first-order valence-corrected chi connectivity index (χ1v) is 11.9. The summed E-state index contributed by atoms with van der Waals surface area (Å²) < 4.78 is 13.6. The summed E-state index contributed by atoms with van der Waals surface area (Å²) in [6.45, 7) is 9.11. The number of hydrogen-bond acceptors (Lipinski definition) is 8.